The van der Waals surface area contributed by atoms with Crippen LogP contribution in [-0.4, -0.2) is 36.8 Å². The molecule has 0 amide bonds. The Hall–Kier alpha value is -1.20. The topological polar surface area (TPSA) is 32.7 Å². The molecule has 1 saturated carbocycles. The summed E-state index contributed by atoms with van der Waals surface area (Å²) in [6, 6.07) is 6.15. The molecular weight excluding hydrogens is 264 g/mol. The maximum absolute atomic E-state index is 12.0. The van der Waals surface area contributed by atoms with Crippen LogP contribution in [0.1, 0.15) is 30.9 Å². The Kier molecular flexibility index (Phi) is 5.31. The average Bonchev–Trinajstić information content (AvgIpc) is 3.20. The lowest BCUT2D eigenvalue weighted by atomic mass is 10.1. The summed E-state index contributed by atoms with van der Waals surface area (Å²) in [5.74, 6) is 0.985. The number of aliphatic hydroxyl groups is 1. The Balaban J connectivity index is 1.79. The van der Waals surface area contributed by atoms with Crippen LogP contribution in [0.2, 0.25) is 0 Å². The second kappa shape index (κ2) is 6.99. The van der Waals surface area contributed by atoms with E-state index in [0.29, 0.717) is 12.1 Å². The summed E-state index contributed by atoms with van der Waals surface area (Å²) in [5.41, 5.74) is 0.713. The van der Waals surface area contributed by atoms with Crippen molar-refractivity contribution in [2.75, 3.05) is 20.1 Å². The Bertz CT molecular complexity index is 407. The van der Waals surface area contributed by atoms with Gasteiger partial charge in [0.05, 0.1) is 6.10 Å². The first-order valence-electron chi connectivity index (χ1n) is 6.96. The molecule has 3 nitrogen and oxygen atoms in total. The molecule has 0 bridgehead atoms. The smallest absolute Gasteiger partial charge is 0.387 e. The van der Waals surface area contributed by atoms with Crippen LogP contribution in [0.5, 0.6) is 5.75 Å². The zero-order valence-corrected chi connectivity index (χ0v) is 11.6. The summed E-state index contributed by atoms with van der Waals surface area (Å²) >= 11 is 0. The van der Waals surface area contributed by atoms with Crippen molar-refractivity contribution in [3.63, 3.8) is 0 Å². The predicted octanol–water partition coefficient (Wildman–Crippen LogP) is 3.05. The molecule has 1 aromatic rings. The molecule has 0 aliphatic heterocycles. The quantitative estimate of drug-likeness (QED) is 0.797. The minimum absolute atomic E-state index is 0.109. The van der Waals surface area contributed by atoms with Crippen LogP contribution in [0.15, 0.2) is 24.3 Å². The highest BCUT2D eigenvalue weighted by Gasteiger charge is 2.21. The third-order valence-electron chi connectivity index (χ3n) is 3.59. The molecule has 1 aliphatic carbocycles. The highest BCUT2D eigenvalue weighted by Crippen LogP contribution is 2.32. The molecule has 0 radical (unpaired) electrons. The maximum Gasteiger partial charge on any atom is 0.387 e. The van der Waals surface area contributed by atoms with Gasteiger partial charge in [-0.3, -0.25) is 0 Å². The van der Waals surface area contributed by atoms with Crippen LogP contribution in [0, 0.1) is 5.92 Å². The molecule has 2 rings (SSSR count). The van der Waals surface area contributed by atoms with E-state index in [-0.39, 0.29) is 5.75 Å². The Labute approximate surface area is 118 Å². The van der Waals surface area contributed by atoms with Gasteiger partial charge >= 0.3 is 6.61 Å². The van der Waals surface area contributed by atoms with Crippen molar-refractivity contribution in [2.24, 2.45) is 5.92 Å². The van der Waals surface area contributed by atoms with Crippen LogP contribution in [-0.2, 0) is 0 Å². The van der Waals surface area contributed by atoms with E-state index in [4.69, 9.17) is 0 Å². The maximum atomic E-state index is 12.0. The fraction of sp³-hybridized carbons (Fsp3) is 0.600. The van der Waals surface area contributed by atoms with Crippen molar-refractivity contribution in [1.29, 1.82) is 0 Å². The first-order chi connectivity index (χ1) is 9.54. The van der Waals surface area contributed by atoms with Gasteiger partial charge in [0, 0.05) is 6.54 Å². The SMILES string of the molecule is CN(CCC1CC1)CC(O)c1ccc(OC(F)F)cc1. The Morgan fingerprint density at radius 1 is 1.30 bits per heavy atom. The van der Waals surface area contributed by atoms with E-state index in [1.54, 1.807) is 12.1 Å². The van der Waals surface area contributed by atoms with Crippen molar-refractivity contribution in [3.8, 4) is 5.75 Å². The summed E-state index contributed by atoms with van der Waals surface area (Å²) in [6.07, 6.45) is 3.24. The van der Waals surface area contributed by atoms with E-state index in [9.17, 15) is 13.9 Å². The molecule has 1 aliphatic rings. The minimum Gasteiger partial charge on any atom is -0.435 e. The van der Waals surface area contributed by atoms with Crippen molar-refractivity contribution in [1.82, 2.24) is 4.90 Å². The fourth-order valence-electron chi connectivity index (χ4n) is 2.17. The summed E-state index contributed by atoms with van der Waals surface area (Å²) in [4.78, 5) is 2.10. The Morgan fingerprint density at radius 3 is 2.50 bits per heavy atom. The lowest BCUT2D eigenvalue weighted by molar-refractivity contribution is -0.0498. The van der Waals surface area contributed by atoms with Gasteiger partial charge in [-0.05, 0) is 43.6 Å². The second-order valence-corrected chi connectivity index (χ2v) is 5.46. The van der Waals surface area contributed by atoms with Gasteiger partial charge in [-0.25, -0.2) is 0 Å². The molecule has 20 heavy (non-hydrogen) atoms. The largest absolute Gasteiger partial charge is 0.435 e. The number of likely N-dealkylation sites (N-methyl/N-ethyl adjacent to an activating group) is 1. The minimum atomic E-state index is -2.82. The van der Waals surface area contributed by atoms with Gasteiger partial charge in [0.15, 0.2) is 0 Å². The van der Waals surface area contributed by atoms with E-state index >= 15 is 0 Å². The van der Waals surface area contributed by atoms with Gasteiger partial charge in [0.25, 0.3) is 0 Å². The van der Waals surface area contributed by atoms with E-state index in [2.05, 4.69) is 9.64 Å². The van der Waals surface area contributed by atoms with Gasteiger partial charge in [-0.1, -0.05) is 25.0 Å². The number of alkyl halides is 2. The lowest BCUT2D eigenvalue weighted by Crippen LogP contribution is -2.26. The highest BCUT2D eigenvalue weighted by atomic mass is 19.3. The molecule has 0 spiro atoms. The highest BCUT2D eigenvalue weighted by molar-refractivity contribution is 5.28. The van der Waals surface area contributed by atoms with Gasteiger partial charge in [-0.2, -0.15) is 8.78 Å². The molecule has 0 heterocycles. The summed E-state index contributed by atoms with van der Waals surface area (Å²) in [5, 5.41) is 10.1. The first-order valence-corrected chi connectivity index (χ1v) is 6.96. The number of halogens is 2. The molecule has 112 valence electrons. The molecule has 1 unspecified atom stereocenters. The lowest BCUT2D eigenvalue weighted by Gasteiger charge is -2.20. The van der Waals surface area contributed by atoms with Gasteiger partial charge in [0.2, 0.25) is 0 Å². The molecule has 5 heteroatoms. The number of benzene rings is 1. The van der Waals surface area contributed by atoms with Gasteiger partial charge in [0.1, 0.15) is 5.75 Å². The van der Waals surface area contributed by atoms with Gasteiger partial charge in [-0.15, -0.1) is 0 Å². The molecule has 0 saturated heterocycles. The Morgan fingerprint density at radius 2 is 1.95 bits per heavy atom. The number of hydrogen-bond donors (Lipinski definition) is 1. The molecule has 1 fully saturated rings. The second-order valence-electron chi connectivity index (χ2n) is 5.46. The zero-order valence-electron chi connectivity index (χ0n) is 11.6. The molecular formula is C15H21F2NO2. The van der Waals surface area contributed by atoms with Crippen molar-refractivity contribution in [3.05, 3.63) is 29.8 Å². The van der Waals surface area contributed by atoms with Crippen molar-refractivity contribution >= 4 is 0 Å². The number of aliphatic hydroxyl groups excluding tert-OH is 1. The third kappa shape index (κ3) is 5.06. The first kappa shape index (κ1) is 15.2. The van der Waals surface area contributed by atoms with Crippen molar-refractivity contribution < 1.29 is 18.6 Å². The summed E-state index contributed by atoms with van der Waals surface area (Å²) in [7, 11) is 1.99. The van der Waals surface area contributed by atoms with Crippen LogP contribution in [0.25, 0.3) is 0 Å². The number of hydrogen-bond acceptors (Lipinski definition) is 3. The molecule has 0 aromatic heterocycles. The normalized spacial score (nSPS) is 16.7. The third-order valence-corrected chi connectivity index (χ3v) is 3.59. The monoisotopic (exact) mass is 285 g/mol. The number of rotatable bonds is 8. The standard InChI is InChI=1S/C15H21F2NO2/c1-18(9-8-11-2-3-11)10-14(19)12-4-6-13(7-5-12)20-15(16)17/h4-7,11,14-15,19H,2-3,8-10H2,1H3. The van der Waals surface area contributed by atoms with Crippen LogP contribution in [0.3, 0.4) is 0 Å². The molecule has 1 atom stereocenters. The number of ether oxygens (including phenoxy) is 1. The van der Waals surface area contributed by atoms with Crippen LogP contribution in [0.4, 0.5) is 8.78 Å². The van der Waals surface area contributed by atoms with Gasteiger partial charge < -0.3 is 14.7 Å². The summed E-state index contributed by atoms with van der Waals surface area (Å²) < 4.78 is 28.3. The van der Waals surface area contributed by atoms with Crippen LogP contribution >= 0.6 is 0 Å². The van der Waals surface area contributed by atoms with Crippen LogP contribution < -0.4 is 4.74 Å². The van der Waals surface area contributed by atoms with E-state index in [0.717, 1.165) is 12.5 Å². The molecule has 1 N–H and O–H groups in total. The van der Waals surface area contributed by atoms with E-state index in [1.807, 2.05) is 7.05 Å². The predicted molar refractivity (Wildman–Crippen MR) is 72.9 cm³/mol. The van der Waals surface area contributed by atoms with Crippen molar-refractivity contribution in [2.45, 2.75) is 32.0 Å². The summed E-state index contributed by atoms with van der Waals surface area (Å²) in [6.45, 7) is -1.30. The average molecular weight is 285 g/mol. The zero-order chi connectivity index (χ0) is 14.5. The van der Waals surface area contributed by atoms with E-state index in [1.165, 1.54) is 31.4 Å². The van der Waals surface area contributed by atoms with E-state index < -0.39 is 12.7 Å². The number of nitrogens with zero attached hydrogens (tertiary/aromatic N) is 1. The fourth-order valence-corrected chi connectivity index (χ4v) is 2.17. The molecule has 1 aromatic carbocycles.